The molecule has 4 rings (SSSR count). The van der Waals surface area contributed by atoms with Gasteiger partial charge in [0.25, 0.3) is 0 Å². The molecule has 0 bridgehead atoms. The van der Waals surface area contributed by atoms with Gasteiger partial charge in [-0.15, -0.1) is 11.3 Å². The van der Waals surface area contributed by atoms with Crippen molar-refractivity contribution in [1.82, 2.24) is 0 Å². The number of nitrogens with zero attached hydrogens (tertiary/aromatic N) is 1. The quantitative estimate of drug-likeness (QED) is 0.357. The van der Waals surface area contributed by atoms with Crippen molar-refractivity contribution in [1.29, 1.82) is 0 Å². The molecule has 0 saturated carbocycles. The Bertz CT molecular complexity index is 1110. The lowest BCUT2D eigenvalue weighted by Gasteiger charge is -2.28. The van der Waals surface area contributed by atoms with Crippen LogP contribution in [0.3, 0.4) is 0 Å². The van der Waals surface area contributed by atoms with Crippen LogP contribution < -0.4 is 20.1 Å². The van der Waals surface area contributed by atoms with E-state index in [1.165, 1.54) is 10.4 Å². The third-order valence-electron chi connectivity index (χ3n) is 4.99. The number of methoxy groups -OCH3 is 2. The van der Waals surface area contributed by atoms with Crippen molar-refractivity contribution in [2.75, 3.05) is 24.9 Å². The van der Waals surface area contributed by atoms with Crippen molar-refractivity contribution >= 4 is 28.4 Å². The predicted molar refractivity (Wildman–Crippen MR) is 126 cm³/mol. The molecule has 4 nitrogen and oxygen atoms in total. The molecular formula is C25H24N2O2S. The van der Waals surface area contributed by atoms with Gasteiger partial charge in [0.05, 0.1) is 25.6 Å². The van der Waals surface area contributed by atoms with E-state index in [0.29, 0.717) is 18.0 Å². The van der Waals surface area contributed by atoms with Gasteiger partial charge in [-0.25, -0.2) is 0 Å². The number of hydrogen-bond acceptors (Lipinski definition) is 5. The number of thiophene rings is 1. The van der Waals surface area contributed by atoms with Gasteiger partial charge >= 0.3 is 0 Å². The van der Waals surface area contributed by atoms with Gasteiger partial charge in [-0.2, -0.15) is 0 Å². The number of benzene rings is 3. The van der Waals surface area contributed by atoms with Crippen LogP contribution in [0, 0.1) is 0 Å². The van der Waals surface area contributed by atoms with Crippen LogP contribution in [0.5, 0.6) is 11.5 Å². The molecule has 0 aliphatic carbocycles. The summed E-state index contributed by atoms with van der Waals surface area (Å²) in [5.74, 6) is 1.38. The maximum atomic E-state index is 6.47. The summed E-state index contributed by atoms with van der Waals surface area (Å²) in [4.78, 5) is 3.42. The topological polar surface area (TPSA) is 47.7 Å². The second-order valence-electron chi connectivity index (χ2n) is 6.86. The summed E-state index contributed by atoms with van der Waals surface area (Å²) < 4.78 is 11.0. The first-order chi connectivity index (χ1) is 14.7. The molecule has 0 unspecified atom stereocenters. The SMILES string of the molecule is COc1ccc(N(Cc2ccccc2)c2cc(-c3cccs3)ccc2N)cc1OC. The number of nitrogen functional groups attached to an aromatic ring is 1. The van der Waals surface area contributed by atoms with E-state index in [2.05, 4.69) is 46.7 Å². The Kier molecular flexibility index (Phi) is 5.91. The minimum absolute atomic E-state index is 0.675. The monoisotopic (exact) mass is 416 g/mol. The summed E-state index contributed by atoms with van der Waals surface area (Å²) in [6.45, 7) is 0.675. The van der Waals surface area contributed by atoms with E-state index in [4.69, 9.17) is 15.2 Å². The van der Waals surface area contributed by atoms with Crippen LogP contribution in [0.25, 0.3) is 10.4 Å². The fourth-order valence-corrected chi connectivity index (χ4v) is 4.17. The molecule has 1 heterocycles. The maximum absolute atomic E-state index is 6.47. The van der Waals surface area contributed by atoms with Gasteiger partial charge < -0.3 is 20.1 Å². The van der Waals surface area contributed by atoms with Crippen molar-refractivity contribution in [3.8, 4) is 21.9 Å². The van der Waals surface area contributed by atoms with Crippen LogP contribution in [0.4, 0.5) is 17.1 Å². The molecule has 1 aromatic heterocycles. The number of rotatable bonds is 7. The smallest absolute Gasteiger partial charge is 0.162 e. The van der Waals surface area contributed by atoms with Crippen molar-refractivity contribution in [3.63, 3.8) is 0 Å². The summed E-state index contributed by atoms with van der Waals surface area (Å²) in [6.07, 6.45) is 0. The van der Waals surface area contributed by atoms with E-state index >= 15 is 0 Å². The fourth-order valence-electron chi connectivity index (χ4n) is 3.45. The number of hydrogen-bond donors (Lipinski definition) is 1. The van der Waals surface area contributed by atoms with Crippen LogP contribution >= 0.6 is 11.3 Å². The summed E-state index contributed by atoms with van der Waals surface area (Å²) in [5, 5.41) is 2.08. The van der Waals surface area contributed by atoms with Gasteiger partial charge in [0.15, 0.2) is 11.5 Å². The molecule has 152 valence electrons. The molecule has 0 amide bonds. The third-order valence-corrected chi connectivity index (χ3v) is 5.91. The van der Waals surface area contributed by atoms with Crippen LogP contribution in [0.15, 0.2) is 84.2 Å². The van der Waals surface area contributed by atoms with E-state index in [-0.39, 0.29) is 0 Å². The Labute approximate surface area is 181 Å². The summed E-state index contributed by atoms with van der Waals surface area (Å²) in [7, 11) is 3.29. The highest BCUT2D eigenvalue weighted by atomic mass is 32.1. The summed E-state index contributed by atoms with van der Waals surface area (Å²) in [5.41, 5.74) is 11.5. The Balaban J connectivity index is 1.83. The van der Waals surface area contributed by atoms with E-state index in [1.807, 2.05) is 42.5 Å². The summed E-state index contributed by atoms with van der Waals surface area (Å²) >= 11 is 1.72. The average molecular weight is 417 g/mol. The molecule has 5 heteroatoms. The van der Waals surface area contributed by atoms with Crippen LogP contribution in [-0.4, -0.2) is 14.2 Å². The molecular weight excluding hydrogens is 392 g/mol. The maximum Gasteiger partial charge on any atom is 0.162 e. The first kappa shape index (κ1) is 19.9. The Morgan fingerprint density at radius 3 is 2.33 bits per heavy atom. The zero-order valence-corrected chi connectivity index (χ0v) is 17.9. The van der Waals surface area contributed by atoms with Crippen molar-refractivity contribution in [3.05, 3.63) is 89.8 Å². The lowest BCUT2D eigenvalue weighted by atomic mass is 10.1. The van der Waals surface area contributed by atoms with E-state index in [1.54, 1.807) is 25.6 Å². The zero-order chi connectivity index (χ0) is 20.9. The molecule has 2 N–H and O–H groups in total. The average Bonchev–Trinajstić information content (AvgIpc) is 3.33. The first-order valence-corrected chi connectivity index (χ1v) is 10.5. The highest BCUT2D eigenvalue weighted by molar-refractivity contribution is 7.13. The molecule has 3 aromatic carbocycles. The van der Waals surface area contributed by atoms with E-state index in [9.17, 15) is 0 Å². The molecule has 0 atom stereocenters. The molecule has 4 aromatic rings. The molecule has 0 radical (unpaired) electrons. The molecule has 0 saturated heterocycles. The van der Waals surface area contributed by atoms with Crippen LogP contribution in [-0.2, 0) is 6.54 Å². The lowest BCUT2D eigenvalue weighted by Crippen LogP contribution is -2.18. The number of anilines is 3. The highest BCUT2D eigenvalue weighted by Crippen LogP contribution is 2.39. The van der Waals surface area contributed by atoms with Gasteiger partial charge in [0.1, 0.15) is 0 Å². The predicted octanol–water partition coefficient (Wildman–Crippen LogP) is 6.35. The normalized spacial score (nSPS) is 10.6. The van der Waals surface area contributed by atoms with Gasteiger partial charge in [0, 0.05) is 23.2 Å². The Morgan fingerprint density at radius 2 is 1.63 bits per heavy atom. The molecule has 0 fully saturated rings. The fraction of sp³-hybridized carbons (Fsp3) is 0.120. The lowest BCUT2D eigenvalue weighted by molar-refractivity contribution is 0.355. The second kappa shape index (κ2) is 8.93. The minimum Gasteiger partial charge on any atom is -0.493 e. The van der Waals surface area contributed by atoms with Gasteiger partial charge in [0.2, 0.25) is 0 Å². The van der Waals surface area contributed by atoms with Crippen molar-refractivity contribution in [2.24, 2.45) is 0 Å². The van der Waals surface area contributed by atoms with Crippen LogP contribution in [0.2, 0.25) is 0 Å². The van der Waals surface area contributed by atoms with E-state index < -0.39 is 0 Å². The largest absolute Gasteiger partial charge is 0.493 e. The van der Waals surface area contributed by atoms with E-state index in [0.717, 1.165) is 22.6 Å². The Hall–Kier alpha value is -3.44. The van der Waals surface area contributed by atoms with Crippen molar-refractivity contribution < 1.29 is 9.47 Å². The molecule has 30 heavy (non-hydrogen) atoms. The first-order valence-electron chi connectivity index (χ1n) is 9.66. The zero-order valence-electron chi connectivity index (χ0n) is 17.0. The molecule has 0 aliphatic rings. The van der Waals surface area contributed by atoms with Gasteiger partial charge in [-0.1, -0.05) is 42.5 Å². The second-order valence-corrected chi connectivity index (χ2v) is 7.81. The number of ether oxygens (including phenoxy) is 2. The van der Waals surface area contributed by atoms with Crippen molar-refractivity contribution in [2.45, 2.75) is 6.54 Å². The molecule has 0 spiro atoms. The highest BCUT2D eigenvalue weighted by Gasteiger charge is 2.17. The van der Waals surface area contributed by atoms with Gasteiger partial charge in [-0.05, 0) is 46.8 Å². The van der Waals surface area contributed by atoms with Crippen LogP contribution in [0.1, 0.15) is 5.56 Å². The third kappa shape index (κ3) is 4.11. The Morgan fingerprint density at radius 1 is 0.833 bits per heavy atom. The summed E-state index contributed by atoms with van der Waals surface area (Å²) in [6, 6.07) is 26.7. The standard InChI is InChI=1S/C25H24N2O2S/c1-28-23-13-11-20(16-24(23)29-2)27(17-18-7-4-3-5-8-18)22-15-19(10-12-21(22)26)25-9-6-14-30-25/h3-16H,17,26H2,1-2H3. The van der Waals surface area contributed by atoms with Gasteiger partial charge in [-0.3, -0.25) is 0 Å². The molecule has 0 aliphatic heterocycles. The minimum atomic E-state index is 0.675. The number of nitrogens with two attached hydrogens (primary N) is 1.